The Morgan fingerprint density at radius 2 is 1.50 bits per heavy atom. The lowest BCUT2D eigenvalue weighted by atomic mass is 10.2. The van der Waals surface area contributed by atoms with Crippen LogP contribution < -0.4 is 0 Å². The molecular weight excluding hydrogens is 188 g/mol. The number of phenolic OH excluding ortho intramolecular Hbond substituents is 2. The maximum absolute atomic E-state index is 9.33. The van der Waals surface area contributed by atoms with Crippen LogP contribution in [-0.4, -0.2) is 30.4 Å². The highest BCUT2D eigenvalue weighted by molar-refractivity contribution is 5.84. The van der Waals surface area contributed by atoms with Crippen molar-refractivity contribution in [1.29, 1.82) is 0 Å². The van der Waals surface area contributed by atoms with E-state index in [1.165, 1.54) is 12.1 Å². The first-order chi connectivity index (χ1) is 6.59. The Kier molecular flexibility index (Phi) is 1.57. The van der Waals surface area contributed by atoms with Crippen molar-refractivity contribution in [2.45, 2.75) is 0 Å². The van der Waals surface area contributed by atoms with E-state index in [-0.39, 0.29) is 16.8 Å². The Morgan fingerprint density at radius 1 is 0.857 bits per heavy atom. The molecule has 0 aliphatic heterocycles. The second kappa shape index (κ2) is 2.63. The Labute approximate surface area is 77.7 Å². The topological polar surface area (TPSA) is 107 Å². The maximum Gasteiger partial charge on any atom is 0.276 e. The van der Waals surface area contributed by atoms with E-state index < -0.39 is 17.5 Å². The van der Waals surface area contributed by atoms with E-state index >= 15 is 0 Å². The predicted molar refractivity (Wildman–Crippen MR) is 46.2 cm³/mol. The summed E-state index contributed by atoms with van der Waals surface area (Å²) < 4.78 is 0. The zero-order valence-electron chi connectivity index (χ0n) is 6.84. The molecule has 0 atom stereocenters. The van der Waals surface area contributed by atoms with Gasteiger partial charge >= 0.3 is 0 Å². The van der Waals surface area contributed by atoms with E-state index in [4.69, 9.17) is 15.3 Å². The monoisotopic (exact) mass is 194 g/mol. The third-order valence-corrected chi connectivity index (χ3v) is 1.75. The molecule has 0 saturated carbocycles. The van der Waals surface area contributed by atoms with Crippen LogP contribution >= 0.6 is 0 Å². The van der Waals surface area contributed by atoms with E-state index in [1.807, 2.05) is 0 Å². The highest BCUT2D eigenvalue weighted by Crippen LogP contribution is 2.34. The van der Waals surface area contributed by atoms with Gasteiger partial charge in [0, 0.05) is 0 Å². The molecule has 6 heteroatoms. The standard InChI is InChI=1S/C8H6N2O4/c11-4-2-1-3-5(6(4)12)10-8(14)7(13)9-3/h1-2,11-12H,(H,9,13)(H,10,14). The van der Waals surface area contributed by atoms with E-state index in [1.54, 1.807) is 0 Å². The molecule has 0 saturated heterocycles. The SMILES string of the molecule is Oc1ccc2nc(O)c(O)nc2c1O. The summed E-state index contributed by atoms with van der Waals surface area (Å²) in [7, 11) is 0. The molecule has 0 fully saturated rings. The smallest absolute Gasteiger partial charge is 0.276 e. The van der Waals surface area contributed by atoms with Crippen molar-refractivity contribution in [3.8, 4) is 23.3 Å². The molecule has 4 N–H and O–H groups in total. The van der Waals surface area contributed by atoms with Crippen LogP contribution in [0.2, 0.25) is 0 Å². The summed E-state index contributed by atoms with van der Waals surface area (Å²) in [4.78, 5) is 7.02. The lowest BCUT2D eigenvalue weighted by molar-refractivity contribution is 0.375. The largest absolute Gasteiger partial charge is 0.504 e. The van der Waals surface area contributed by atoms with Crippen LogP contribution in [0, 0.1) is 0 Å². The first-order valence-corrected chi connectivity index (χ1v) is 3.70. The summed E-state index contributed by atoms with van der Waals surface area (Å²) in [6, 6.07) is 2.57. The van der Waals surface area contributed by atoms with Crippen LogP contribution in [0.25, 0.3) is 11.0 Å². The van der Waals surface area contributed by atoms with Gasteiger partial charge in [0.2, 0.25) is 0 Å². The normalized spacial score (nSPS) is 10.6. The van der Waals surface area contributed by atoms with Gasteiger partial charge in [-0.15, -0.1) is 0 Å². The molecule has 0 aliphatic carbocycles. The Bertz CT molecular complexity index is 512. The molecule has 14 heavy (non-hydrogen) atoms. The average Bonchev–Trinajstić information content (AvgIpc) is 2.15. The highest BCUT2D eigenvalue weighted by Gasteiger charge is 2.11. The molecule has 1 heterocycles. The Balaban J connectivity index is 2.89. The van der Waals surface area contributed by atoms with Crippen LogP contribution in [0.4, 0.5) is 0 Å². The van der Waals surface area contributed by atoms with Crippen molar-refractivity contribution in [2.75, 3.05) is 0 Å². The van der Waals surface area contributed by atoms with Gasteiger partial charge in [-0.25, -0.2) is 9.97 Å². The lowest BCUT2D eigenvalue weighted by Gasteiger charge is -2.02. The minimum Gasteiger partial charge on any atom is -0.504 e. The first-order valence-electron chi connectivity index (χ1n) is 3.70. The van der Waals surface area contributed by atoms with E-state index in [9.17, 15) is 5.11 Å². The fourth-order valence-corrected chi connectivity index (χ4v) is 1.08. The van der Waals surface area contributed by atoms with Crippen LogP contribution in [0.3, 0.4) is 0 Å². The molecule has 1 aromatic carbocycles. The van der Waals surface area contributed by atoms with Crippen LogP contribution in [0.1, 0.15) is 0 Å². The Morgan fingerprint density at radius 3 is 2.21 bits per heavy atom. The molecule has 0 bridgehead atoms. The number of nitrogens with zero attached hydrogens (tertiary/aromatic N) is 2. The number of aromatic hydroxyl groups is 4. The first kappa shape index (κ1) is 8.36. The van der Waals surface area contributed by atoms with E-state index in [0.29, 0.717) is 0 Å². The number of phenols is 2. The number of hydrogen-bond donors (Lipinski definition) is 4. The van der Waals surface area contributed by atoms with Gasteiger partial charge in [-0.3, -0.25) is 0 Å². The van der Waals surface area contributed by atoms with Crippen LogP contribution in [-0.2, 0) is 0 Å². The van der Waals surface area contributed by atoms with Gasteiger partial charge < -0.3 is 20.4 Å². The molecule has 0 unspecified atom stereocenters. The summed E-state index contributed by atoms with van der Waals surface area (Å²) in [6.07, 6.45) is 0. The minimum atomic E-state index is -0.696. The highest BCUT2D eigenvalue weighted by atomic mass is 16.3. The summed E-state index contributed by atoms with van der Waals surface area (Å²) in [6.45, 7) is 0. The number of benzene rings is 1. The van der Waals surface area contributed by atoms with Crippen molar-refractivity contribution >= 4 is 11.0 Å². The predicted octanol–water partition coefficient (Wildman–Crippen LogP) is 0.452. The third-order valence-electron chi connectivity index (χ3n) is 1.75. The van der Waals surface area contributed by atoms with Crippen LogP contribution in [0.5, 0.6) is 23.3 Å². The van der Waals surface area contributed by atoms with Crippen molar-refractivity contribution in [1.82, 2.24) is 9.97 Å². The second-order valence-corrected chi connectivity index (χ2v) is 2.67. The molecular formula is C8H6N2O4. The number of fused-ring (bicyclic) bond motifs is 1. The summed E-state index contributed by atoms with van der Waals surface area (Å²) >= 11 is 0. The zero-order valence-corrected chi connectivity index (χ0v) is 6.84. The van der Waals surface area contributed by atoms with Gasteiger partial charge in [0.05, 0.1) is 5.52 Å². The lowest BCUT2D eigenvalue weighted by Crippen LogP contribution is -1.86. The molecule has 0 spiro atoms. The van der Waals surface area contributed by atoms with Gasteiger partial charge in [-0.2, -0.15) is 0 Å². The molecule has 2 aromatic rings. The quantitative estimate of drug-likeness (QED) is 0.453. The summed E-state index contributed by atoms with van der Waals surface area (Å²) in [5.41, 5.74) is 0.107. The molecule has 6 nitrogen and oxygen atoms in total. The minimum absolute atomic E-state index is 0.0692. The average molecular weight is 194 g/mol. The van der Waals surface area contributed by atoms with Gasteiger partial charge in [-0.05, 0) is 12.1 Å². The summed E-state index contributed by atoms with van der Waals surface area (Å²) in [5, 5.41) is 36.5. The molecule has 2 rings (SSSR count). The molecule has 72 valence electrons. The number of aromatic nitrogens is 2. The fourth-order valence-electron chi connectivity index (χ4n) is 1.08. The van der Waals surface area contributed by atoms with Crippen molar-refractivity contribution in [2.24, 2.45) is 0 Å². The van der Waals surface area contributed by atoms with E-state index in [0.717, 1.165) is 0 Å². The van der Waals surface area contributed by atoms with Gasteiger partial charge in [-0.1, -0.05) is 0 Å². The second-order valence-electron chi connectivity index (χ2n) is 2.67. The number of rotatable bonds is 0. The van der Waals surface area contributed by atoms with Gasteiger partial charge in [0.25, 0.3) is 11.8 Å². The molecule has 0 aliphatic rings. The van der Waals surface area contributed by atoms with Gasteiger partial charge in [0.15, 0.2) is 11.5 Å². The van der Waals surface area contributed by atoms with Crippen molar-refractivity contribution in [3.05, 3.63) is 12.1 Å². The molecule has 0 amide bonds. The van der Waals surface area contributed by atoms with Crippen molar-refractivity contribution < 1.29 is 20.4 Å². The molecule has 1 aromatic heterocycles. The number of hydrogen-bond acceptors (Lipinski definition) is 6. The Hall–Kier alpha value is -2.24. The zero-order chi connectivity index (χ0) is 10.3. The fraction of sp³-hybridized carbons (Fsp3) is 0. The maximum atomic E-state index is 9.33. The van der Waals surface area contributed by atoms with Crippen LogP contribution in [0.15, 0.2) is 12.1 Å². The van der Waals surface area contributed by atoms with Crippen molar-refractivity contribution in [3.63, 3.8) is 0 Å². The summed E-state index contributed by atoms with van der Waals surface area (Å²) in [5.74, 6) is -2.16. The third kappa shape index (κ3) is 1.05. The molecule has 0 radical (unpaired) electrons. The van der Waals surface area contributed by atoms with E-state index in [2.05, 4.69) is 9.97 Å². The van der Waals surface area contributed by atoms with Gasteiger partial charge in [0.1, 0.15) is 5.52 Å².